The molecule has 0 spiro atoms. The quantitative estimate of drug-likeness (QED) is 0.292. The van der Waals surface area contributed by atoms with Gasteiger partial charge in [-0.25, -0.2) is 0 Å². The molecule has 0 radical (unpaired) electrons. The van der Waals surface area contributed by atoms with E-state index in [-0.39, 0.29) is 0 Å². The van der Waals surface area contributed by atoms with Crippen molar-refractivity contribution in [3.05, 3.63) is 82.3 Å². The Labute approximate surface area is 168 Å². The third kappa shape index (κ3) is 2.50. The Morgan fingerprint density at radius 2 is 1.54 bits per heavy atom. The van der Waals surface area contributed by atoms with E-state index in [1.165, 1.54) is 20.2 Å². The standard InChI is InChI=1S/C22H13BrClNS/c23-15-8-3-5-13-6-4-9-16(20(13)15)25-17-11-12-19-21(22(17)24)14-7-1-2-10-18(14)26-19/h1-12,25H. The number of halogens is 2. The van der Waals surface area contributed by atoms with E-state index in [1.807, 2.05) is 6.07 Å². The molecule has 0 saturated heterocycles. The third-order valence-electron chi connectivity index (χ3n) is 4.60. The molecular formula is C22H13BrClNS. The second kappa shape index (κ2) is 6.27. The van der Waals surface area contributed by atoms with E-state index in [9.17, 15) is 0 Å². The van der Waals surface area contributed by atoms with Crippen molar-refractivity contribution >= 4 is 81.2 Å². The van der Waals surface area contributed by atoms with Gasteiger partial charge in [0.1, 0.15) is 0 Å². The summed E-state index contributed by atoms with van der Waals surface area (Å²) in [6.07, 6.45) is 0. The van der Waals surface area contributed by atoms with Gasteiger partial charge in [0.2, 0.25) is 0 Å². The minimum Gasteiger partial charge on any atom is -0.354 e. The fourth-order valence-electron chi connectivity index (χ4n) is 3.42. The highest BCUT2D eigenvalue weighted by Gasteiger charge is 2.13. The first-order valence-electron chi connectivity index (χ1n) is 8.26. The smallest absolute Gasteiger partial charge is 0.0734 e. The highest BCUT2D eigenvalue weighted by molar-refractivity contribution is 9.10. The zero-order valence-corrected chi connectivity index (χ0v) is 16.8. The topological polar surface area (TPSA) is 12.0 Å². The van der Waals surface area contributed by atoms with Crippen LogP contribution in [-0.2, 0) is 0 Å². The lowest BCUT2D eigenvalue weighted by Crippen LogP contribution is -1.93. The van der Waals surface area contributed by atoms with Crippen molar-refractivity contribution in [2.24, 2.45) is 0 Å². The highest BCUT2D eigenvalue weighted by Crippen LogP contribution is 2.42. The molecule has 5 rings (SSSR count). The second-order valence-corrected chi connectivity index (χ2v) is 8.48. The molecule has 0 unspecified atom stereocenters. The average Bonchev–Trinajstić information content (AvgIpc) is 3.03. The zero-order chi connectivity index (χ0) is 17.7. The summed E-state index contributed by atoms with van der Waals surface area (Å²) in [5, 5.41) is 8.98. The van der Waals surface area contributed by atoms with Crippen LogP contribution in [0.1, 0.15) is 0 Å². The molecule has 0 aliphatic heterocycles. The first-order valence-corrected chi connectivity index (χ1v) is 10.2. The Morgan fingerprint density at radius 1 is 0.731 bits per heavy atom. The second-order valence-electron chi connectivity index (χ2n) is 6.17. The van der Waals surface area contributed by atoms with E-state index < -0.39 is 0 Å². The molecule has 1 heterocycles. The van der Waals surface area contributed by atoms with Crippen LogP contribution < -0.4 is 5.32 Å². The van der Waals surface area contributed by atoms with Gasteiger partial charge in [0.25, 0.3) is 0 Å². The van der Waals surface area contributed by atoms with Crippen LogP contribution in [0.5, 0.6) is 0 Å². The summed E-state index contributed by atoms with van der Waals surface area (Å²) in [6.45, 7) is 0. The lowest BCUT2D eigenvalue weighted by atomic mass is 10.1. The van der Waals surface area contributed by atoms with Crippen LogP contribution in [0.15, 0.2) is 77.3 Å². The minimum atomic E-state index is 0.768. The van der Waals surface area contributed by atoms with Crippen molar-refractivity contribution in [1.82, 2.24) is 0 Å². The van der Waals surface area contributed by atoms with E-state index in [2.05, 4.69) is 88.0 Å². The van der Waals surface area contributed by atoms with Crippen LogP contribution >= 0.6 is 38.9 Å². The molecule has 1 aromatic heterocycles. The van der Waals surface area contributed by atoms with E-state index >= 15 is 0 Å². The zero-order valence-electron chi connectivity index (χ0n) is 13.6. The maximum Gasteiger partial charge on any atom is 0.0734 e. The van der Waals surface area contributed by atoms with Gasteiger partial charge in [0, 0.05) is 35.7 Å². The molecule has 0 amide bonds. The summed E-state index contributed by atoms with van der Waals surface area (Å²) in [5.41, 5.74) is 1.96. The van der Waals surface area contributed by atoms with Crippen molar-refractivity contribution < 1.29 is 0 Å². The monoisotopic (exact) mass is 437 g/mol. The Bertz CT molecular complexity index is 1290. The van der Waals surface area contributed by atoms with E-state index in [4.69, 9.17) is 11.6 Å². The maximum atomic E-state index is 6.84. The molecule has 1 nitrogen and oxygen atoms in total. The Balaban J connectivity index is 1.71. The molecule has 4 aromatic carbocycles. The number of hydrogen-bond acceptors (Lipinski definition) is 2. The van der Waals surface area contributed by atoms with Crippen LogP contribution in [0.4, 0.5) is 11.4 Å². The molecule has 0 saturated carbocycles. The summed E-state index contributed by atoms with van der Waals surface area (Å²) in [7, 11) is 0. The molecule has 26 heavy (non-hydrogen) atoms. The maximum absolute atomic E-state index is 6.84. The van der Waals surface area contributed by atoms with E-state index in [1.54, 1.807) is 11.3 Å². The number of benzene rings is 4. The molecular weight excluding hydrogens is 426 g/mol. The number of nitrogens with one attached hydrogen (secondary N) is 1. The van der Waals surface area contributed by atoms with Crippen LogP contribution in [0.2, 0.25) is 5.02 Å². The van der Waals surface area contributed by atoms with Gasteiger partial charge < -0.3 is 5.32 Å². The number of anilines is 2. The fraction of sp³-hybridized carbons (Fsp3) is 0. The summed E-state index contributed by atoms with van der Waals surface area (Å²) < 4.78 is 3.53. The largest absolute Gasteiger partial charge is 0.354 e. The minimum absolute atomic E-state index is 0.768. The van der Waals surface area contributed by atoms with Crippen molar-refractivity contribution in [3.63, 3.8) is 0 Å². The lowest BCUT2D eigenvalue weighted by molar-refractivity contribution is 1.60. The molecule has 126 valence electrons. The van der Waals surface area contributed by atoms with Gasteiger partial charge in [-0.3, -0.25) is 0 Å². The van der Waals surface area contributed by atoms with Gasteiger partial charge in [0.15, 0.2) is 0 Å². The average molecular weight is 439 g/mol. The molecule has 1 N–H and O–H groups in total. The van der Waals surface area contributed by atoms with Gasteiger partial charge in [0.05, 0.1) is 10.7 Å². The van der Waals surface area contributed by atoms with Gasteiger partial charge in [-0.2, -0.15) is 0 Å². The van der Waals surface area contributed by atoms with Crippen molar-refractivity contribution in [2.45, 2.75) is 0 Å². The molecule has 0 fully saturated rings. The van der Waals surface area contributed by atoms with Crippen LogP contribution in [0.3, 0.4) is 0 Å². The summed E-state index contributed by atoms with van der Waals surface area (Å²) >= 11 is 12.3. The van der Waals surface area contributed by atoms with Crippen molar-refractivity contribution in [3.8, 4) is 0 Å². The summed E-state index contributed by atoms with van der Waals surface area (Å²) in [6, 6.07) is 25.1. The molecule has 4 heteroatoms. The van der Waals surface area contributed by atoms with Crippen molar-refractivity contribution in [2.75, 3.05) is 5.32 Å². The van der Waals surface area contributed by atoms with Gasteiger partial charge in [-0.05, 0) is 35.7 Å². The number of fused-ring (bicyclic) bond motifs is 4. The molecule has 5 aromatic rings. The first-order chi connectivity index (χ1) is 12.7. The molecule has 0 bridgehead atoms. The molecule has 0 aliphatic carbocycles. The normalized spacial score (nSPS) is 11.5. The Hall–Kier alpha value is -2.07. The lowest BCUT2D eigenvalue weighted by Gasteiger charge is -2.13. The predicted octanol–water partition coefficient (Wildman–Crippen LogP) is 8.37. The van der Waals surface area contributed by atoms with Crippen molar-refractivity contribution in [1.29, 1.82) is 0 Å². The number of thiophene rings is 1. The third-order valence-corrected chi connectivity index (χ3v) is 6.79. The van der Waals surface area contributed by atoms with Crippen LogP contribution in [0, 0.1) is 0 Å². The first kappa shape index (κ1) is 16.1. The fourth-order valence-corrected chi connectivity index (χ4v) is 5.49. The summed E-state index contributed by atoms with van der Waals surface area (Å²) in [5.74, 6) is 0. The highest BCUT2D eigenvalue weighted by atomic mass is 79.9. The van der Waals surface area contributed by atoms with Gasteiger partial charge in [-0.1, -0.05) is 70.0 Å². The molecule has 0 atom stereocenters. The SMILES string of the molecule is Clc1c(Nc2cccc3cccc(Br)c23)ccc2sc3ccccc3c12. The Morgan fingerprint density at radius 3 is 2.42 bits per heavy atom. The van der Waals surface area contributed by atoms with Gasteiger partial charge in [-0.15, -0.1) is 11.3 Å². The van der Waals surface area contributed by atoms with E-state index in [0.717, 1.165) is 31.6 Å². The number of hydrogen-bond donors (Lipinski definition) is 1. The summed E-state index contributed by atoms with van der Waals surface area (Å²) in [4.78, 5) is 0. The van der Waals surface area contributed by atoms with E-state index in [0.29, 0.717) is 0 Å². The Kier molecular flexibility index (Phi) is 3.89. The van der Waals surface area contributed by atoms with Gasteiger partial charge >= 0.3 is 0 Å². The van der Waals surface area contributed by atoms with Crippen LogP contribution in [-0.4, -0.2) is 0 Å². The van der Waals surface area contributed by atoms with Crippen LogP contribution in [0.25, 0.3) is 30.9 Å². The number of rotatable bonds is 2. The molecule has 0 aliphatic rings. The predicted molar refractivity (Wildman–Crippen MR) is 119 cm³/mol.